The Balaban J connectivity index is 1.18. The summed E-state index contributed by atoms with van der Waals surface area (Å²) in [5, 5.41) is 3.05. The number of nitrogens with zero attached hydrogens (tertiary/aromatic N) is 3. The van der Waals surface area contributed by atoms with Crippen molar-refractivity contribution in [3.8, 4) is 5.75 Å². The van der Waals surface area contributed by atoms with Crippen LogP contribution in [0.25, 0.3) is 0 Å². The number of rotatable bonds is 5. The fourth-order valence-corrected chi connectivity index (χ4v) is 5.11. The van der Waals surface area contributed by atoms with E-state index in [4.69, 9.17) is 9.47 Å². The van der Waals surface area contributed by atoms with Gasteiger partial charge in [-0.3, -0.25) is 9.59 Å². The van der Waals surface area contributed by atoms with Crippen LogP contribution in [-0.4, -0.2) is 46.5 Å². The summed E-state index contributed by atoms with van der Waals surface area (Å²) in [4.78, 5) is 32.3. The first-order chi connectivity index (χ1) is 17.4. The average Bonchev–Trinajstić information content (AvgIpc) is 3.31. The number of anilines is 1. The Bertz CT molecular complexity index is 1240. The Kier molecular flexibility index (Phi) is 6.78. The van der Waals surface area contributed by atoms with Crippen molar-refractivity contribution in [2.75, 3.05) is 25.5 Å². The molecule has 188 valence electrons. The Morgan fingerprint density at radius 1 is 1.06 bits per heavy atom. The molecule has 0 spiro atoms. The SMILES string of the molecule is COc1ccc([C@H]2Cn3cnc(C(=O)N4CCC(C(=O)Nc5cc(C)cc(C)c5)CC4)c3CO2)cc1. The highest BCUT2D eigenvalue weighted by atomic mass is 16.5. The number of aryl methyl sites for hydroxylation is 2. The van der Waals surface area contributed by atoms with E-state index in [2.05, 4.69) is 16.4 Å². The lowest BCUT2D eigenvalue weighted by Gasteiger charge is -2.31. The molecule has 2 aliphatic heterocycles. The molecule has 2 aliphatic rings. The summed E-state index contributed by atoms with van der Waals surface area (Å²) in [5.41, 5.74) is 5.38. The fourth-order valence-electron chi connectivity index (χ4n) is 5.11. The molecule has 5 rings (SSSR count). The van der Waals surface area contributed by atoms with Gasteiger partial charge < -0.3 is 24.3 Å². The molecule has 36 heavy (non-hydrogen) atoms. The number of methoxy groups -OCH3 is 1. The first-order valence-electron chi connectivity index (χ1n) is 12.4. The highest BCUT2D eigenvalue weighted by Crippen LogP contribution is 2.30. The van der Waals surface area contributed by atoms with Gasteiger partial charge in [0.05, 0.1) is 32.3 Å². The molecule has 0 aliphatic carbocycles. The van der Waals surface area contributed by atoms with Crippen molar-refractivity contribution < 1.29 is 19.1 Å². The van der Waals surface area contributed by atoms with E-state index in [9.17, 15) is 9.59 Å². The summed E-state index contributed by atoms with van der Waals surface area (Å²) in [6.45, 7) is 6.03. The molecule has 0 bridgehead atoms. The second-order valence-corrected chi connectivity index (χ2v) is 9.70. The second-order valence-electron chi connectivity index (χ2n) is 9.70. The van der Waals surface area contributed by atoms with E-state index in [0.29, 0.717) is 44.8 Å². The number of carbonyl (C=O) groups excluding carboxylic acids is 2. The van der Waals surface area contributed by atoms with Gasteiger partial charge in [-0.25, -0.2) is 4.98 Å². The predicted molar refractivity (Wildman–Crippen MR) is 136 cm³/mol. The van der Waals surface area contributed by atoms with Crippen molar-refractivity contribution in [3.05, 3.63) is 76.9 Å². The van der Waals surface area contributed by atoms with E-state index in [1.807, 2.05) is 54.8 Å². The normalized spacial score (nSPS) is 18.0. The van der Waals surface area contributed by atoms with Crippen LogP contribution in [0.1, 0.15) is 51.8 Å². The molecule has 1 aromatic heterocycles. The van der Waals surface area contributed by atoms with Gasteiger partial charge in [0.15, 0.2) is 5.69 Å². The zero-order chi connectivity index (χ0) is 25.2. The monoisotopic (exact) mass is 488 g/mol. The lowest BCUT2D eigenvalue weighted by atomic mass is 9.95. The number of piperidine rings is 1. The summed E-state index contributed by atoms with van der Waals surface area (Å²) in [5.74, 6) is 0.615. The van der Waals surface area contributed by atoms with Crippen LogP contribution in [0.2, 0.25) is 0 Å². The Hall–Kier alpha value is -3.65. The topological polar surface area (TPSA) is 85.7 Å². The summed E-state index contributed by atoms with van der Waals surface area (Å²) in [7, 11) is 1.64. The van der Waals surface area contributed by atoms with E-state index >= 15 is 0 Å². The third kappa shape index (κ3) is 4.99. The van der Waals surface area contributed by atoms with E-state index < -0.39 is 0 Å². The minimum atomic E-state index is -0.112. The zero-order valence-corrected chi connectivity index (χ0v) is 21.0. The summed E-state index contributed by atoms with van der Waals surface area (Å²) >= 11 is 0. The molecule has 0 saturated carbocycles. The van der Waals surface area contributed by atoms with E-state index in [0.717, 1.165) is 33.8 Å². The average molecular weight is 489 g/mol. The summed E-state index contributed by atoms with van der Waals surface area (Å²) in [6, 6.07) is 13.9. The number of nitrogens with one attached hydrogen (secondary N) is 1. The smallest absolute Gasteiger partial charge is 0.274 e. The number of ether oxygens (including phenoxy) is 2. The van der Waals surface area contributed by atoms with Gasteiger partial charge in [0.1, 0.15) is 11.9 Å². The molecule has 3 heterocycles. The molecule has 1 fully saturated rings. The zero-order valence-electron chi connectivity index (χ0n) is 21.0. The van der Waals surface area contributed by atoms with Crippen LogP contribution < -0.4 is 10.1 Å². The van der Waals surface area contributed by atoms with Gasteiger partial charge >= 0.3 is 0 Å². The molecule has 1 N–H and O–H groups in total. The number of benzene rings is 2. The lowest BCUT2D eigenvalue weighted by Crippen LogP contribution is -2.42. The van der Waals surface area contributed by atoms with Gasteiger partial charge in [0.2, 0.25) is 5.91 Å². The van der Waals surface area contributed by atoms with Crippen molar-refractivity contribution in [2.24, 2.45) is 5.92 Å². The van der Waals surface area contributed by atoms with E-state index in [1.54, 1.807) is 18.3 Å². The molecule has 0 unspecified atom stereocenters. The Morgan fingerprint density at radius 2 is 1.75 bits per heavy atom. The van der Waals surface area contributed by atoms with Gasteiger partial charge in [0, 0.05) is 24.7 Å². The van der Waals surface area contributed by atoms with Gasteiger partial charge in [-0.05, 0) is 67.6 Å². The quantitative estimate of drug-likeness (QED) is 0.580. The van der Waals surface area contributed by atoms with Crippen LogP contribution >= 0.6 is 0 Å². The van der Waals surface area contributed by atoms with Crippen molar-refractivity contribution >= 4 is 17.5 Å². The maximum atomic E-state index is 13.3. The summed E-state index contributed by atoms with van der Waals surface area (Å²) < 4.78 is 13.3. The van der Waals surface area contributed by atoms with Crippen LogP contribution in [0.15, 0.2) is 48.8 Å². The molecule has 0 radical (unpaired) electrons. The molecule has 1 saturated heterocycles. The number of hydrogen-bond acceptors (Lipinski definition) is 5. The van der Waals surface area contributed by atoms with Crippen LogP contribution in [0.3, 0.4) is 0 Å². The van der Waals surface area contributed by atoms with Crippen LogP contribution in [0.5, 0.6) is 5.75 Å². The maximum Gasteiger partial charge on any atom is 0.274 e. The standard InChI is InChI=1S/C28H32N4O4/c1-18-12-19(2)14-22(13-18)30-27(33)21-8-10-31(11-9-21)28(34)26-24-16-36-25(15-32(24)17-29-26)20-4-6-23(35-3)7-5-20/h4-7,12-14,17,21,25H,8-11,15-16H2,1-3H3,(H,30,33)/t25-/m1/s1. The predicted octanol–water partition coefficient (Wildman–Crippen LogP) is 4.27. The molecule has 2 amide bonds. The molecule has 2 aromatic carbocycles. The molecule has 1 atom stereocenters. The van der Waals surface area contributed by atoms with Gasteiger partial charge in [-0.1, -0.05) is 18.2 Å². The highest BCUT2D eigenvalue weighted by molar-refractivity contribution is 5.95. The minimum Gasteiger partial charge on any atom is -0.497 e. The maximum absolute atomic E-state index is 13.3. The minimum absolute atomic E-state index is 0.0180. The number of carbonyl (C=O) groups is 2. The first-order valence-corrected chi connectivity index (χ1v) is 12.4. The van der Waals surface area contributed by atoms with Crippen LogP contribution in [0.4, 0.5) is 5.69 Å². The van der Waals surface area contributed by atoms with Crippen molar-refractivity contribution in [3.63, 3.8) is 0 Å². The van der Waals surface area contributed by atoms with Crippen LogP contribution in [-0.2, 0) is 22.7 Å². The number of fused-ring (bicyclic) bond motifs is 1. The second kappa shape index (κ2) is 10.1. The third-order valence-corrected chi connectivity index (χ3v) is 7.06. The summed E-state index contributed by atoms with van der Waals surface area (Å²) in [6.07, 6.45) is 2.89. The largest absolute Gasteiger partial charge is 0.497 e. The Labute approximate surface area is 211 Å². The molecule has 8 heteroatoms. The number of imidazole rings is 1. The van der Waals surface area contributed by atoms with Gasteiger partial charge in [-0.15, -0.1) is 0 Å². The van der Waals surface area contributed by atoms with E-state index in [1.165, 1.54) is 0 Å². The van der Waals surface area contributed by atoms with Crippen LogP contribution in [0, 0.1) is 19.8 Å². The Morgan fingerprint density at radius 3 is 2.42 bits per heavy atom. The van der Waals surface area contributed by atoms with Crippen molar-refractivity contribution in [2.45, 2.75) is 45.9 Å². The lowest BCUT2D eigenvalue weighted by molar-refractivity contribution is -0.121. The van der Waals surface area contributed by atoms with Gasteiger partial charge in [-0.2, -0.15) is 0 Å². The number of hydrogen-bond donors (Lipinski definition) is 1. The van der Waals surface area contributed by atoms with E-state index in [-0.39, 0.29) is 23.8 Å². The third-order valence-electron chi connectivity index (χ3n) is 7.06. The van der Waals surface area contributed by atoms with Gasteiger partial charge in [0.25, 0.3) is 5.91 Å². The van der Waals surface area contributed by atoms with Crippen molar-refractivity contribution in [1.29, 1.82) is 0 Å². The molecule has 3 aromatic rings. The number of likely N-dealkylation sites (tertiary alicyclic amines) is 1. The molecule has 8 nitrogen and oxygen atoms in total. The van der Waals surface area contributed by atoms with Crippen molar-refractivity contribution in [1.82, 2.24) is 14.5 Å². The molecular formula is C28H32N4O4. The fraction of sp³-hybridized carbons (Fsp3) is 0.393. The number of aromatic nitrogens is 2. The first kappa shape index (κ1) is 24.1. The molecular weight excluding hydrogens is 456 g/mol. The highest BCUT2D eigenvalue weighted by Gasteiger charge is 2.32. The number of amides is 2.